The molecule has 1 aromatic heterocycles. The molecule has 2 aromatic rings. The number of nitrogens with two attached hydrogens (primary N) is 1. The molecule has 0 saturated carbocycles. The van der Waals surface area contributed by atoms with Crippen LogP contribution in [0.3, 0.4) is 0 Å². The quantitative estimate of drug-likeness (QED) is 0.734. The highest BCUT2D eigenvalue weighted by Gasteiger charge is 2.27. The summed E-state index contributed by atoms with van der Waals surface area (Å²) >= 11 is 7.62. The lowest BCUT2D eigenvalue weighted by atomic mass is 10.1. The van der Waals surface area contributed by atoms with E-state index in [1.165, 1.54) is 0 Å². The monoisotopic (exact) mass is 329 g/mol. The third-order valence-corrected chi connectivity index (χ3v) is 5.96. The van der Waals surface area contributed by atoms with Crippen LogP contribution in [0.15, 0.2) is 22.0 Å². The zero-order chi connectivity index (χ0) is 14.7. The van der Waals surface area contributed by atoms with E-state index in [-0.39, 0.29) is 9.92 Å². The molecule has 0 amide bonds. The van der Waals surface area contributed by atoms with Gasteiger partial charge in [0.1, 0.15) is 4.90 Å². The van der Waals surface area contributed by atoms with Crippen LogP contribution in [0.1, 0.15) is 10.4 Å². The largest absolute Gasteiger partial charge is 0.320 e. The second-order valence-electron chi connectivity index (χ2n) is 4.60. The minimum atomic E-state index is -3.83. The average Bonchev–Trinajstić information content (AvgIpc) is 2.83. The van der Waals surface area contributed by atoms with Crippen molar-refractivity contribution in [3.8, 4) is 11.3 Å². The van der Waals surface area contributed by atoms with Gasteiger partial charge in [0.25, 0.3) is 0 Å². The highest BCUT2D eigenvalue weighted by Crippen LogP contribution is 2.40. The normalized spacial score (nSPS) is 14.5. The van der Waals surface area contributed by atoms with Gasteiger partial charge in [-0.25, -0.2) is 13.6 Å². The van der Waals surface area contributed by atoms with Gasteiger partial charge in [-0.3, -0.25) is 4.99 Å². The lowest BCUT2D eigenvalue weighted by Gasteiger charge is -2.08. The zero-order valence-corrected chi connectivity index (χ0v) is 13.2. The fourth-order valence-corrected chi connectivity index (χ4v) is 4.74. The minimum Gasteiger partial charge on any atom is -0.320 e. The summed E-state index contributed by atoms with van der Waals surface area (Å²) < 4.78 is 25.1. The van der Waals surface area contributed by atoms with Crippen molar-refractivity contribution in [2.75, 3.05) is 7.05 Å². The summed E-state index contributed by atoms with van der Waals surface area (Å²) in [7, 11) is -0.180. The third kappa shape index (κ3) is 1.93. The topological polar surface area (TPSA) is 77.5 Å². The van der Waals surface area contributed by atoms with Crippen molar-refractivity contribution in [1.82, 2.24) is 4.57 Å². The lowest BCUT2D eigenvalue weighted by molar-refractivity contribution is 0.598. The Morgan fingerprint density at radius 3 is 2.75 bits per heavy atom. The molecule has 5 nitrogen and oxygen atoms in total. The second kappa shape index (κ2) is 4.42. The van der Waals surface area contributed by atoms with Crippen molar-refractivity contribution in [2.45, 2.75) is 11.3 Å². The molecule has 3 rings (SSSR count). The van der Waals surface area contributed by atoms with Gasteiger partial charge in [0.2, 0.25) is 10.0 Å². The maximum atomic E-state index is 11.6. The Labute approximate surface area is 125 Å². The van der Waals surface area contributed by atoms with Crippen LogP contribution in [0.2, 0.25) is 5.02 Å². The van der Waals surface area contributed by atoms with Gasteiger partial charge < -0.3 is 4.57 Å². The summed E-state index contributed by atoms with van der Waals surface area (Å²) in [5.41, 5.74) is 2.87. The molecule has 0 aliphatic heterocycles. The summed E-state index contributed by atoms with van der Waals surface area (Å²) in [5.74, 6) is 0. The molecule has 1 aliphatic carbocycles. The smallest absolute Gasteiger partial charge is 0.239 e. The van der Waals surface area contributed by atoms with E-state index in [4.69, 9.17) is 16.7 Å². The average molecular weight is 330 g/mol. The Balaban J connectivity index is 2.34. The van der Waals surface area contributed by atoms with Crippen LogP contribution < -0.4 is 9.94 Å². The van der Waals surface area contributed by atoms with Crippen LogP contribution in [0, 0.1) is 0 Å². The number of benzene rings is 1. The molecule has 0 radical (unpaired) electrons. The first kappa shape index (κ1) is 13.8. The van der Waals surface area contributed by atoms with Gasteiger partial charge in [-0.05, 0) is 17.7 Å². The number of hydrogen-bond acceptors (Lipinski definition) is 4. The van der Waals surface area contributed by atoms with Gasteiger partial charge in [0.05, 0.1) is 10.7 Å². The Bertz CT molecular complexity index is 894. The lowest BCUT2D eigenvalue weighted by Crippen LogP contribution is -2.14. The van der Waals surface area contributed by atoms with E-state index in [1.54, 1.807) is 30.5 Å². The van der Waals surface area contributed by atoms with E-state index in [0.29, 0.717) is 0 Å². The number of aromatic nitrogens is 1. The van der Waals surface area contributed by atoms with Crippen LogP contribution in [0.25, 0.3) is 11.3 Å². The summed E-state index contributed by atoms with van der Waals surface area (Å²) in [6, 6.07) is 3.25. The molecule has 0 atom stereocenters. The molecule has 1 aliphatic rings. The van der Waals surface area contributed by atoms with E-state index in [1.807, 2.05) is 11.6 Å². The maximum absolute atomic E-state index is 11.6. The number of sulfonamides is 1. The number of rotatable bonds is 1. The van der Waals surface area contributed by atoms with Crippen molar-refractivity contribution in [1.29, 1.82) is 0 Å². The third-order valence-electron chi connectivity index (χ3n) is 3.36. The van der Waals surface area contributed by atoms with E-state index in [0.717, 1.165) is 32.9 Å². The molecule has 106 valence electrons. The summed E-state index contributed by atoms with van der Waals surface area (Å²) in [4.78, 5) is 6.23. The maximum Gasteiger partial charge on any atom is 0.239 e. The minimum absolute atomic E-state index is 0.0352. The first-order valence-corrected chi connectivity index (χ1v) is 8.54. The molecular weight excluding hydrogens is 318 g/mol. The fourth-order valence-electron chi connectivity index (χ4n) is 2.51. The van der Waals surface area contributed by atoms with Crippen LogP contribution in [0.5, 0.6) is 0 Å². The molecule has 1 aromatic carbocycles. The zero-order valence-electron chi connectivity index (χ0n) is 10.8. The Morgan fingerprint density at radius 2 is 2.15 bits per heavy atom. The SMILES string of the molecule is CN=c1sc2c(n1C)-c1cc(S(N)(=O)=O)c(Cl)cc1C2. The summed E-state index contributed by atoms with van der Waals surface area (Å²) in [6.07, 6.45) is 0.739. The molecular formula is C12H12ClN3O2S2. The van der Waals surface area contributed by atoms with E-state index < -0.39 is 10.0 Å². The first-order valence-electron chi connectivity index (χ1n) is 5.80. The highest BCUT2D eigenvalue weighted by atomic mass is 35.5. The Kier molecular flexibility index (Phi) is 3.06. The van der Waals surface area contributed by atoms with Crippen LogP contribution in [-0.4, -0.2) is 20.0 Å². The van der Waals surface area contributed by atoms with Crippen LogP contribution in [-0.2, 0) is 23.5 Å². The fraction of sp³-hybridized carbons (Fsp3) is 0.250. The van der Waals surface area contributed by atoms with E-state index >= 15 is 0 Å². The number of fused-ring (bicyclic) bond motifs is 3. The predicted octanol–water partition coefficient (Wildman–Crippen LogP) is 1.49. The molecule has 1 heterocycles. The standard InChI is InChI=1S/C12H12ClN3O2S2/c1-15-12-16(2)11-7-5-10(20(14,17)18)8(13)3-6(7)4-9(11)19-12/h3,5H,4H2,1-2H3,(H2,14,17,18). The second-order valence-corrected chi connectivity index (χ2v) is 7.60. The van der Waals surface area contributed by atoms with Gasteiger partial charge in [-0.1, -0.05) is 11.6 Å². The predicted molar refractivity (Wildman–Crippen MR) is 79.4 cm³/mol. The van der Waals surface area contributed by atoms with E-state index in [9.17, 15) is 8.42 Å². The van der Waals surface area contributed by atoms with Crippen LogP contribution in [0.4, 0.5) is 0 Å². The van der Waals surface area contributed by atoms with Crippen molar-refractivity contribution in [3.05, 3.63) is 32.4 Å². The molecule has 8 heteroatoms. The van der Waals surface area contributed by atoms with Crippen molar-refractivity contribution in [3.63, 3.8) is 0 Å². The molecule has 0 unspecified atom stereocenters. The number of nitrogens with zero attached hydrogens (tertiary/aromatic N) is 2. The van der Waals surface area contributed by atoms with Crippen molar-refractivity contribution in [2.24, 2.45) is 17.2 Å². The Morgan fingerprint density at radius 1 is 1.45 bits per heavy atom. The number of hydrogen-bond donors (Lipinski definition) is 1. The molecule has 2 N–H and O–H groups in total. The van der Waals surface area contributed by atoms with Crippen molar-refractivity contribution >= 4 is 33.0 Å². The summed E-state index contributed by atoms with van der Waals surface area (Å²) in [6.45, 7) is 0. The molecule has 20 heavy (non-hydrogen) atoms. The number of primary sulfonamides is 1. The summed E-state index contributed by atoms with van der Waals surface area (Å²) in [5, 5.41) is 5.38. The Hall–Kier alpha value is -1.15. The van der Waals surface area contributed by atoms with Gasteiger partial charge in [-0.15, -0.1) is 11.3 Å². The van der Waals surface area contributed by atoms with Gasteiger partial charge >= 0.3 is 0 Å². The first-order chi connectivity index (χ1) is 9.32. The van der Waals surface area contributed by atoms with Gasteiger partial charge in [0, 0.05) is 31.0 Å². The van der Waals surface area contributed by atoms with Crippen LogP contribution >= 0.6 is 22.9 Å². The molecule has 0 spiro atoms. The van der Waals surface area contributed by atoms with Gasteiger partial charge in [0.15, 0.2) is 4.80 Å². The van der Waals surface area contributed by atoms with Gasteiger partial charge in [-0.2, -0.15) is 0 Å². The van der Waals surface area contributed by atoms with E-state index in [2.05, 4.69) is 4.99 Å². The molecule has 0 bridgehead atoms. The van der Waals surface area contributed by atoms with Crippen molar-refractivity contribution < 1.29 is 8.42 Å². The molecule has 0 saturated heterocycles. The molecule has 0 fully saturated rings. The number of thiazole rings is 1. The highest BCUT2D eigenvalue weighted by molar-refractivity contribution is 7.89. The number of halogens is 1.